The number of ether oxygens (including phenoxy) is 1. The lowest BCUT2D eigenvalue weighted by Crippen LogP contribution is -2.59. The molecule has 2 aromatic heterocycles. The fraction of sp³-hybridized carbons (Fsp3) is 0.394. The van der Waals surface area contributed by atoms with Crippen molar-refractivity contribution >= 4 is 56.7 Å². The van der Waals surface area contributed by atoms with Gasteiger partial charge >= 0.3 is 0 Å². The van der Waals surface area contributed by atoms with Crippen molar-refractivity contribution < 1.29 is 19.1 Å². The maximum Gasteiger partial charge on any atom is 0.247 e. The van der Waals surface area contributed by atoms with Gasteiger partial charge in [0.05, 0.1) is 29.9 Å². The van der Waals surface area contributed by atoms with Crippen molar-refractivity contribution in [3.8, 4) is 5.75 Å². The van der Waals surface area contributed by atoms with Gasteiger partial charge in [-0.3, -0.25) is 19.4 Å². The molecule has 0 aliphatic carbocycles. The third kappa shape index (κ3) is 6.80. The standard InChI is InChI=1S/C33H40N8O4/c1-19(34-5)30(42)40-28(33(2,3)4)32(44)41-14-8-10-26(41)31(43)39-25-16-22-24(17-27(25)45-6)36-18-37-29(22)38-21-11-12-23-20(15-21)9-7-13-35-23/h7,9,11-13,15-19,26,28,34H,8,10,14H2,1-6H3,(H,39,43)(H,40,42)(H,36,37,38)/t19-,26?,28+/m0/s1. The van der Waals surface area contributed by atoms with Crippen molar-refractivity contribution in [2.24, 2.45) is 5.41 Å². The van der Waals surface area contributed by atoms with E-state index in [1.54, 1.807) is 37.2 Å². The highest BCUT2D eigenvalue weighted by atomic mass is 16.5. The molecule has 1 aliphatic heterocycles. The Hall–Kier alpha value is -4.84. The average molecular weight is 613 g/mol. The van der Waals surface area contributed by atoms with Crippen LogP contribution in [-0.2, 0) is 14.4 Å². The third-order valence-electron chi connectivity index (χ3n) is 8.14. The number of benzene rings is 2. The first kappa shape index (κ1) is 31.6. The zero-order valence-corrected chi connectivity index (χ0v) is 26.5. The number of nitrogens with one attached hydrogen (secondary N) is 4. The molecule has 0 spiro atoms. The normalized spacial score (nSPS) is 16.3. The van der Waals surface area contributed by atoms with Crippen molar-refractivity contribution in [2.75, 3.05) is 31.3 Å². The second-order valence-electron chi connectivity index (χ2n) is 12.3. The zero-order valence-electron chi connectivity index (χ0n) is 26.5. The van der Waals surface area contributed by atoms with E-state index in [4.69, 9.17) is 4.74 Å². The summed E-state index contributed by atoms with van der Waals surface area (Å²) in [5, 5.41) is 13.8. The molecule has 3 atom stereocenters. The second kappa shape index (κ2) is 13.0. The van der Waals surface area contributed by atoms with Crippen molar-refractivity contribution in [1.82, 2.24) is 30.5 Å². The topological polar surface area (TPSA) is 150 Å². The van der Waals surface area contributed by atoms with Gasteiger partial charge in [0.15, 0.2) is 0 Å². The molecule has 0 saturated carbocycles. The van der Waals surface area contributed by atoms with E-state index in [2.05, 4.69) is 36.2 Å². The van der Waals surface area contributed by atoms with Crippen LogP contribution in [0.4, 0.5) is 17.2 Å². The second-order valence-corrected chi connectivity index (χ2v) is 12.3. The number of methoxy groups -OCH3 is 1. The van der Waals surface area contributed by atoms with Gasteiger partial charge in [0.25, 0.3) is 0 Å². The number of hydrogen-bond acceptors (Lipinski definition) is 9. The van der Waals surface area contributed by atoms with Gasteiger partial charge in [-0.25, -0.2) is 9.97 Å². The van der Waals surface area contributed by atoms with E-state index in [9.17, 15) is 14.4 Å². The number of anilines is 3. The Morgan fingerprint density at radius 1 is 1.04 bits per heavy atom. The Balaban J connectivity index is 1.40. The number of carbonyl (C=O) groups is 3. The molecule has 4 N–H and O–H groups in total. The Labute approximate surface area is 262 Å². The van der Waals surface area contributed by atoms with Gasteiger partial charge in [-0.15, -0.1) is 0 Å². The van der Waals surface area contributed by atoms with E-state index in [1.807, 2.05) is 51.1 Å². The number of hydrogen-bond donors (Lipinski definition) is 4. The van der Waals surface area contributed by atoms with E-state index in [1.165, 1.54) is 13.4 Å². The predicted octanol–water partition coefficient (Wildman–Crippen LogP) is 4.00. The number of likely N-dealkylation sites (N-methyl/N-ethyl adjacent to an activating group) is 1. The fourth-order valence-corrected chi connectivity index (χ4v) is 5.47. The molecule has 45 heavy (non-hydrogen) atoms. The van der Waals surface area contributed by atoms with E-state index in [0.717, 1.165) is 16.6 Å². The lowest BCUT2D eigenvalue weighted by molar-refractivity contribution is -0.143. The van der Waals surface area contributed by atoms with Gasteiger partial charge < -0.3 is 30.9 Å². The molecular weight excluding hydrogens is 572 g/mol. The van der Waals surface area contributed by atoms with Gasteiger partial charge in [0.2, 0.25) is 17.7 Å². The van der Waals surface area contributed by atoms with Crippen LogP contribution in [-0.4, -0.2) is 76.4 Å². The van der Waals surface area contributed by atoms with E-state index < -0.39 is 23.5 Å². The number of nitrogens with zero attached hydrogens (tertiary/aromatic N) is 4. The molecule has 1 saturated heterocycles. The summed E-state index contributed by atoms with van der Waals surface area (Å²) in [5.41, 5.74) is 2.19. The van der Waals surface area contributed by atoms with Gasteiger partial charge in [0, 0.05) is 35.3 Å². The lowest BCUT2D eigenvalue weighted by atomic mass is 9.85. The van der Waals surface area contributed by atoms with Crippen LogP contribution in [0.15, 0.2) is 55.0 Å². The SMILES string of the molecule is CN[C@@H](C)C(=O)N[C@H](C(=O)N1CCCC1C(=O)Nc1cc2c(Nc3ccc4ncccc4c3)ncnc2cc1OC)C(C)(C)C. The summed E-state index contributed by atoms with van der Waals surface area (Å²) in [6.45, 7) is 7.83. The smallest absolute Gasteiger partial charge is 0.247 e. The van der Waals surface area contributed by atoms with Crippen LogP contribution in [0, 0.1) is 5.41 Å². The van der Waals surface area contributed by atoms with Crippen molar-refractivity contribution in [3.05, 3.63) is 55.0 Å². The summed E-state index contributed by atoms with van der Waals surface area (Å²) < 4.78 is 5.62. The minimum atomic E-state index is -0.805. The molecule has 5 rings (SSSR count). The van der Waals surface area contributed by atoms with Gasteiger partial charge in [-0.05, 0) is 62.6 Å². The number of pyridine rings is 1. The van der Waals surface area contributed by atoms with Gasteiger partial charge in [-0.1, -0.05) is 26.8 Å². The predicted molar refractivity (Wildman–Crippen MR) is 174 cm³/mol. The first-order valence-electron chi connectivity index (χ1n) is 15.0. The van der Waals surface area contributed by atoms with Crippen molar-refractivity contribution in [3.63, 3.8) is 0 Å². The molecule has 236 valence electrons. The molecule has 2 aromatic carbocycles. The summed E-state index contributed by atoms with van der Waals surface area (Å²) in [5.74, 6) is 0.0775. The summed E-state index contributed by atoms with van der Waals surface area (Å²) >= 11 is 0. The maximum absolute atomic E-state index is 13.9. The maximum atomic E-state index is 13.9. The number of amides is 3. The molecule has 12 heteroatoms. The van der Waals surface area contributed by atoms with Gasteiger partial charge in [-0.2, -0.15) is 0 Å². The number of carbonyl (C=O) groups excluding carboxylic acids is 3. The molecule has 1 fully saturated rings. The number of fused-ring (bicyclic) bond motifs is 2. The Morgan fingerprint density at radius 3 is 2.58 bits per heavy atom. The van der Waals surface area contributed by atoms with Crippen LogP contribution in [0.25, 0.3) is 21.8 Å². The van der Waals surface area contributed by atoms with E-state index in [0.29, 0.717) is 47.5 Å². The minimum absolute atomic E-state index is 0.279. The van der Waals surface area contributed by atoms with Crippen LogP contribution in [0.3, 0.4) is 0 Å². The fourth-order valence-electron chi connectivity index (χ4n) is 5.47. The first-order valence-corrected chi connectivity index (χ1v) is 15.0. The van der Waals surface area contributed by atoms with Gasteiger partial charge in [0.1, 0.15) is 30.0 Å². The third-order valence-corrected chi connectivity index (χ3v) is 8.14. The summed E-state index contributed by atoms with van der Waals surface area (Å²) in [6.07, 6.45) is 4.38. The largest absolute Gasteiger partial charge is 0.494 e. The Kier molecular flexibility index (Phi) is 9.14. The molecule has 1 unspecified atom stereocenters. The van der Waals surface area contributed by atoms with Crippen LogP contribution >= 0.6 is 0 Å². The number of aromatic nitrogens is 3. The van der Waals surface area contributed by atoms with E-state index >= 15 is 0 Å². The summed E-state index contributed by atoms with van der Waals surface area (Å²) in [6, 6.07) is 11.2. The highest BCUT2D eigenvalue weighted by Gasteiger charge is 2.42. The number of likely N-dealkylation sites (tertiary alicyclic amines) is 1. The molecule has 4 aromatic rings. The van der Waals surface area contributed by atoms with Crippen LogP contribution in [0.5, 0.6) is 5.75 Å². The number of rotatable bonds is 9. The Morgan fingerprint density at radius 2 is 1.84 bits per heavy atom. The van der Waals surface area contributed by atoms with Crippen molar-refractivity contribution in [2.45, 2.75) is 58.7 Å². The molecule has 12 nitrogen and oxygen atoms in total. The van der Waals surface area contributed by atoms with E-state index in [-0.39, 0.29) is 17.7 Å². The molecule has 3 amide bonds. The molecular formula is C33H40N8O4. The average Bonchev–Trinajstić information content (AvgIpc) is 3.52. The van der Waals surface area contributed by atoms with Crippen LogP contribution in [0.1, 0.15) is 40.5 Å². The monoisotopic (exact) mass is 612 g/mol. The van der Waals surface area contributed by atoms with Crippen LogP contribution in [0.2, 0.25) is 0 Å². The Bertz CT molecular complexity index is 1740. The molecule has 0 bridgehead atoms. The molecule has 0 radical (unpaired) electrons. The summed E-state index contributed by atoms with van der Waals surface area (Å²) in [4.78, 5) is 55.2. The lowest BCUT2D eigenvalue weighted by Gasteiger charge is -2.36. The first-order chi connectivity index (χ1) is 21.5. The highest BCUT2D eigenvalue weighted by molar-refractivity contribution is 6.03. The van der Waals surface area contributed by atoms with Crippen LogP contribution < -0.4 is 26.0 Å². The quantitative estimate of drug-likeness (QED) is 0.220. The zero-order chi connectivity index (χ0) is 32.3. The van der Waals surface area contributed by atoms with Crippen molar-refractivity contribution in [1.29, 1.82) is 0 Å². The molecule has 3 heterocycles. The molecule has 1 aliphatic rings. The minimum Gasteiger partial charge on any atom is -0.494 e. The summed E-state index contributed by atoms with van der Waals surface area (Å²) in [7, 11) is 3.21. The highest BCUT2D eigenvalue weighted by Crippen LogP contribution is 2.34.